The number of hydrogen-bond acceptors (Lipinski definition) is 3. The molecule has 1 rings (SSSR count). The summed E-state index contributed by atoms with van der Waals surface area (Å²) in [7, 11) is 1.80. The van der Waals surface area contributed by atoms with Crippen molar-refractivity contribution >= 4 is 11.8 Å². The number of methoxy groups -OCH3 is 1. The molecule has 0 radical (unpaired) electrons. The number of rotatable bonds is 10. The van der Waals surface area contributed by atoms with Crippen LogP contribution in [0, 0.1) is 11.3 Å². The first-order valence-corrected chi connectivity index (χ1v) is 9.94. The molecule has 1 aliphatic carbocycles. The second-order valence-corrected chi connectivity index (χ2v) is 8.52. The van der Waals surface area contributed by atoms with Gasteiger partial charge in [0.1, 0.15) is 0 Å². The van der Waals surface area contributed by atoms with Gasteiger partial charge in [0.15, 0.2) is 0 Å². The van der Waals surface area contributed by atoms with Gasteiger partial charge in [0.05, 0.1) is 0 Å². The molecule has 3 atom stereocenters. The Balaban J connectivity index is 2.54. The zero-order chi connectivity index (χ0) is 15.7. The van der Waals surface area contributed by atoms with Gasteiger partial charge in [-0.3, -0.25) is 0 Å². The molecule has 0 saturated heterocycles. The first-order valence-electron chi connectivity index (χ1n) is 8.89. The lowest BCUT2D eigenvalue weighted by Crippen LogP contribution is -2.45. The van der Waals surface area contributed by atoms with Gasteiger partial charge >= 0.3 is 0 Å². The molecule has 3 unspecified atom stereocenters. The van der Waals surface area contributed by atoms with Crippen LogP contribution >= 0.6 is 11.8 Å². The van der Waals surface area contributed by atoms with Crippen molar-refractivity contribution < 1.29 is 4.74 Å². The highest BCUT2D eigenvalue weighted by Crippen LogP contribution is 2.43. The lowest BCUT2D eigenvalue weighted by molar-refractivity contribution is 0.141. The molecule has 126 valence electrons. The van der Waals surface area contributed by atoms with Crippen LogP contribution < -0.4 is 5.32 Å². The average molecular weight is 316 g/mol. The van der Waals surface area contributed by atoms with E-state index in [1.54, 1.807) is 7.11 Å². The zero-order valence-corrected chi connectivity index (χ0v) is 15.7. The van der Waals surface area contributed by atoms with E-state index in [2.05, 4.69) is 44.8 Å². The molecule has 0 aliphatic heterocycles. The normalized spacial score (nSPS) is 27.0. The van der Waals surface area contributed by atoms with Gasteiger partial charge in [-0.05, 0) is 55.7 Å². The Morgan fingerprint density at radius 2 is 2.00 bits per heavy atom. The van der Waals surface area contributed by atoms with E-state index in [4.69, 9.17) is 4.74 Å². The van der Waals surface area contributed by atoms with Crippen molar-refractivity contribution in [2.45, 2.75) is 77.5 Å². The highest BCUT2D eigenvalue weighted by Gasteiger charge is 2.36. The minimum absolute atomic E-state index is 0.501. The van der Waals surface area contributed by atoms with E-state index in [0.29, 0.717) is 5.41 Å². The van der Waals surface area contributed by atoms with Crippen molar-refractivity contribution in [2.75, 3.05) is 26.0 Å². The lowest BCUT2D eigenvalue weighted by atomic mass is 9.68. The van der Waals surface area contributed by atoms with E-state index in [9.17, 15) is 0 Å². The summed E-state index contributed by atoms with van der Waals surface area (Å²) in [6.45, 7) is 11.6. The standard InChI is InChI=1S/C18H37NOS/c1-6-11-19-16-10-9-15(18(3,4)7-2)14-17(16)21-13-8-12-20-5/h15-17,19H,6-14H2,1-5H3. The fourth-order valence-electron chi connectivity index (χ4n) is 3.31. The Morgan fingerprint density at radius 3 is 2.62 bits per heavy atom. The fourth-order valence-corrected chi connectivity index (χ4v) is 4.73. The largest absolute Gasteiger partial charge is 0.385 e. The minimum Gasteiger partial charge on any atom is -0.385 e. The van der Waals surface area contributed by atoms with Crippen molar-refractivity contribution in [1.29, 1.82) is 0 Å². The molecule has 0 heterocycles. The molecule has 1 aliphatic rings. The number of hydrogen-bond donors (Lipinski definition) is 1. The maximum Gasteiger partial charge on any atom is 0.0470 e. The molecule has 0 aromatic heterocycles. The van der Waals surface area contributed by atoms with Crippen LogP contribution in [0.25, 0.3) is 0 Å². The first-order chi connectivity index (χ1) is 10.0. The predicted octanol–water partition coefficient (Wildman–Crippen LogP) is 4.73. The SMILES string of the molecule is CCCNC1CCC(C(C)(C)CC)CC1SCCCOC. The fraction of sp³-hybridized carbons (Fsp3) is 1.00. The number of nitrogens with one attached hydrogen (secondary N) is 1. The quantitative estimate of drug-likeness (QED) is 0.589. The van der Waals surface area contributed by atoms with Gasteiger partial charge in [-0.2, -0.15) is 11.8 Å². The smallest absolute Gasteiger partial charge is 0.0470 e. The Hall–Kier alpha value is 0.270. The third-order valence-electron chi connectivity index (χ3n) is 5.29. The molecule has 1 saturated carbocycles. The number of thioether (sulfide) groups is 1. The summed E-state index contributed by atoms with van der Waals surface area (Å²) >= 11 is 2.18. The van der Waals surface area contributed by atoms with Crippen molar-refractivity contribution in [3.8, 4) is 0 Å². The molecule has 0 spiro atoms. The molecule has 0 aromatic carbocycles. The van der Waals surface area contributed by atoms with Crippen molar-refractivity contribution in [3.05, 3.63) is 0 Å². The van der Waals surface area contributed by atoms with Crippen LogP contribution in [0.3, 0.4) is 0 Å². The summed E-state index contributed by atoms with van der Waals surface area (Å²) in [4.78, 5) is 0. The van der Waals surface area contributed by atoms with Gasteiger partial charge in [0.25, 0.3) is 0 Å². The molecule has 0 aromatic rings. The molecular weight excluding hydrogens is 278 g/mol. The van der Waals surface area contributed by atoms with Crippen LogP contribution in [0.4, 0.5) is 0 Å². The molecule has 3 heteroatoms. The maximum absolute atomic E-state index is 5.19. The van der Waals surface area contributed by atoms with Gasteiger partial charge in [-0.1, -0.05) is 34.1 Å². The van der Waals surface area contributed by atoms with Gasteiger partial charge in [0.2, 0.25) is 0 Å². The van der Waals surface area contributed by atoms with Gasteiger partial charge in [-0.25, -0.2) is 0 Å². The van der Waals surface area contributed by atoms with Crippen LogP contribution in [0.2, 0.25) is 0 Å². The monoisotopic (exact) mass is 315 g/mol. The Bertz CT molecular complexity index is 270. The van der Waals surface area contributed by atoms with Gasteiger partial charge in [0, 0.05) is 25.0 Å². The minimum atomic E-state index is 0.501. The average Bonchev–Trinajstić information content (AvgIpc) is 2.50. The molecule has 0 amide bonds. The summed E-state index contributed by atoms with van der Waals surface area (Å²) < 4.78 is 5.19. The van der Waals surface area contributed by atoms with Crippen LogP contribution in [-0.2, 0) is 4.74 Å². The topological polar surface area (TPSA) is 21.3 Å². The first kappa shape index (κ1) is 19.3. The summed E-state index contributed by atoms with van der Waals surface area (Å²) in [5.41, 5.74) is 0.501. The third-order valence-corrected chi connectivity index (χ3v) is 6.76. The van der Waals surface area contributed by atoms with Crippen molar-refractivity contribution in [2.24, 2.45) is 11.3 Å². The van der Waals surface area contributed by atoms with Gasteiger partial charge in [-0.15, -0.1) is 0 Å². The second-order valence-electron chi connectivity index (χ2n) is 7.17. The molecule has 0 bridgehead atoms. The summed E-state index contributed by atoms with van der Waals surface area (Å²) in [6.07, 6.45) is 7.86. The van der Waals surface area contributed by atoms with E-state index in [1.807, 2.05) is 0 Å². The number of ether oxygens (including phenoxy) is 1. The van der Waals surface area contributed by atoms with Crippen LogP contribution in [0.5, 0.6) is 0 Å². The highest BCUT2D eigenvalue weighted by atomic mass is 32.2. The highest BCUT2D eigenvalue weighted by molar-refractivity contribution is 7.99. The molecule has 2 nitrogen and oxygen atoms in total. The van der Waals surface area contributed by atoms with Crippen molar-refractivity contribution in [1.82, 2.24) is 5.32 Å². The molecule has 1 N–H and O–H groups in total. The lowest BCUT2D eigenvalue weighted by Gasteiger charge is -2.43. The third kappa shape index (κ3) is 6.50. The van der Waals surface area contributed by atoms with Gasteiger partial charge < -0.3 is 10.1 Å². The van der Waals surface area contributed by atoms with Crippen LogP contribution in [0.15, 0.2) is 0 Å². The van der Waals surface area contributed by atoms with E-state index < -0.39 is 0 Å². The van der Waals surface area contributed by atoms with Crippen LogP contribution in [-0.4, -0.2) is 37.3 Å². The molecular formula is C18H37NOS. The zero-order valence-electron chi connectivity index (χ0n) is 14.9. The summed E-state index contributed by atoms with van der Waals surface area (Å²) in [5.74, 6) is 2.13. The van der Waals surface area contributed by atoms with E-state index in [0.717, 1.165) is 23.8 Å². The molecule has 1 fully saturated rings. The summed E-state index contributed by atoms with van der Waals surface area (Å²) in [5, 5.41) is 4.59. The predicted molar refractivity (Wildman–Crippen MR) is 96.2 cm³/mol. The summed E-state index contributed by atoms with van der Waals surface area (Å²) in [6, 6.07) is 0.724. The maximum atomic E-state index is 5.19. The Morgan fingerprint density at radius 1 is 1.24 bits per heavy atom. The molecule has 21 heavy (non-hydrogen) atoms. The Kier molecular flexibility index (Phi) is 9.31. The van der Waals surface area contributed by atoms with Crippen LogP contribution in [0.1, 0.15) is 66.2 Å². The van der Waals surface area contributed by atoms with E-state index in [1.165, 1.54) is 50.8 Å². The van der Waals surface area contributed by atoms with E-state index >= 15 is 0 Å². The van der Waals surface area contributed by atoms with Crippen molar-refractivity contribution in [3.63, 3.8) is 0 Å². The van der Waals surface area contributed by atoms with E-state index in [-0.39, 0.29) is 0 Å². The second kappa shape index (κ2) is 10.1. The Labute approximate surface area is 137 Å².